The van der Waals surface area contributed by atoms with Gasteiger partial charge in [-0.25, -0.2) is 9.37 Å². The van der Waals surface area contributed by atoms with Gasteiger partial charge in [-0.3, -0.25) is 4.79 Å². The smallest absolute Gasteiger partial charge is 0.259 e. The molecule has 0 aliphatic carbocycles. The third-order valence-electron chi connectivity index (χ3n) is 4.52. The third-order valence-corrected chi connectivity index (χ3v) is 5.65. The number of anilines is 3. The van der Waals surface area contributed by atoms with Gasteiger partial charge in [0.25, 0.3) is 5.91 Å². The molecule has 1 amide bonds. The fourth-order valence-electron chi connectivity index (χ4n) is 3.04. The standard InChI is InChI=1S/C22H16BrCl2FN4O2/c1-2-32-18-10-17-16(9-13(18)21(31)27-12-5-3-11(23)4-6-12)28-22(29-17)30-20-15(25)8-7-14(24)19(20)26/h3-10H,2H2,1H3,(H,27,31)(H2,28,29,30). The number of aromatic nitrogens is 2. The second kappa shape index (κ2) is 9.36. The molecule has 4 aromatic rings. The Morgan fingerprint density at radius 2 is 1.88 bits per heavy atom. The van der Waals surface area contributed by atoms with E-state index in [9.17, 15) is 9.18 Å². The van der Waals surface area contributed by atoms with E-state index in [-0.39, 0.29) is 27.6 Å². The maximum Gasteiger partial charge on any atom is 0.259 e. The summed E-state index contributed by atoms with van der Waals surface area (Å²) in [5.41, 5.74) is 2.03. The van der Waals surface area contributed by atoms with Crippen LogP contribution < -0.4 is 15.4 Å². The van der Waals surface area contributed by atoms with Gasteiger partial charge in [-0.15, -0.1) is 0 Å². The van der Waals surface area contributed by atoms with Gasteiger partial charge in [0.2, 0.25) is 5.95 Å². The van der Waals surface area contributed by atoms with Gasteiger partial charge in [-0.1, -0.05) is 39.1 Å². The number of carbonyl (C=O) groups is 1. The summed E-state index contributed by atoms with van der Waals surface area (Å²) >= 11 is 15.3. The molecule has 0 aliphatic rings. The van der Waals surface area contributed by atoms with Crippen LogP contribution in [-0.4, -0.2) is 22.5 Å². The van der Waals surface area contributed by atoms with Crippen LogP contribution in [0, 0.1) is 5.82 Å². The number of carbonyl (C=O) groups excluding carboxylic acids is 1. The highest BCUT2D eigenvalue weighted by Crippen LogP contribution is 2.33. The first-order valence-electron chi connectivity index (χ1n) is 9.49. The van der Waals surface area contributed by atoms with Gasteiger partial charge in [-0.2, -0.15) is 0 Å². The second-order valence-corrected chi connectivity index (χ2v) is 8.42. The lowest BCUT2D eigenvalue weighted by atomic mass is 10.1. The van der Waals surface area contributed by atoms with E-state index in [2.05, 4.69) is 36.5 Å². The monoisotopic (exact) mass is 536 g/mol. The molecule has 3 aromatic carbocycles. The predicted octanol–water partition coefficient (Wildman–Crippen LogP) is 7.17. The third kappa shape index (κ3) is 4.67. The normalized spacial score (nSPS) is 10.9. The highest BCUT2D eigenvalue weighted by atomic mass is 79.9. The van der Waals surface area contributed by atoms with Crippen molar-refractivity contribution in [3.8, 4) is 5.75 Å². The number of fused-ring (bicyclic) bond motifs is 1. The Morgan fingerprint density at radius 1 is 1.16 bits per heavy atom. The van der Waals surface area contributed by atoms with Crippen LogP contribution in [0.15, 0.2) is 53.0 Å². The van der Waals surface area contributed by atoms with Gasteiger partial charge in [0.05, 0.1) is 38.9 Å². The van der Waals surface area contributed by atoms with E-state index in [1.807, 2.05) is 19.1 Å². The SMILES string of the molecule is CCOc1cc2nc(Nc3c(Cl)ccc(Cl)c3F)[nH]c2cc1C(=O)Nc1ccc(Br)cc1. The first-order valence-corrected chi connectivity index (χ1v) is 11.0. The largest absolute Gasteiger partial charge is 0.493 e. The number of rotatable bonds is 6. The van der Waals surface area contributed by atoms with Crippen molar-refractivity contribution in [1.82, 2.24) is 9.97 Å². The van der Waals surface area contributed by atoms with Crippen LogP contribution in [0.1, 0.15) is 17.3 Å². The first kappa shape index (κ1) is 22.4. The number of ether oxygens (including phenoxy) is 1. The summed E-state index contributed by atoms with van der Waals surface area (Å²) in [5.74, 6) is -0.425. The molecule has 164 valence electrons. The fourth-order valence-corrected chi connectivity index (χ4v) is 3.66. The quantitative estimate of drug-likeness (QED) is 0.228. The number of nitrogens with one attached hydrogen (secondary N) is 3. The Morgan fingerprint density at radius 3 is 2.59 bits per heavy atom. The molecule has 1 aromatic heterocycles. The van der Waals surface area contributed by atoms with Crippen molar-refractivity contribution < 1.29 is 13.9 Å². The summed E-state index contributed by atoms with van der Waals surface area (Å²) in [7, 11) is 0. The average Bonchev–Trinajstić information content (AvgIpc) is 3.16. The van der Waals surface area contributed by atoms with Crippen LogP contribution in [0.5, 0.6) is 5.75 Å². The van der Waals surface area contributed by atoms with E-state index < -0.39 is 5.82 Å². The zero-order chi connectivity index (χ0) is 22.8. The molecule has 1 heterocycles. The molecule has 4 rings (SSSR count). The summed E-state index contributed by atoms with van der Waals surface area (Å²) in [6, 6.07) is 13.3. The minimum atomic E-state index is -0.691. The summed E-state index contributed by atoms with van der Waals surface area (Å²) in [4.78, 5) is 20.4. The van der Waals surface area contributed by atoms with Crippen LogP contribution in [0.2, 0.25) is 10.0 Å². The Labute approximate surface area is 201 Å². The molecule has 0 saturated heterocycles. The van der Waals surface area contributed by atoms with Crippen LogP contribution in [-0.2, 0) is 0 Å². The minimum Gasteiger partial charge on any atom is -0.493 e. The highest BCUT2D eigenvalue weighted by molar-refractivity contribution is 9.10. The molecule has 32 heavy (non-hydrogen) atoms. The Balaban J connectivity index is 1.68. The average molecular weight is 538 g/mol. The van der Waals surface area contributed by atoms with E-state index >= 15 is 0 Å². The molecule has 0 bridgehead atoms. The number of imidazole rings is 1. The maximum atomic E-state index is 14.4. The molecule has 0 fully saturated rings. The van der Waals surface area contributed by atoms with Gasteiger partial charge in [0.1, 0.15) is 5.75 Å². The van der Waals surface area contributed by atoms with Gasteiger partial charge in [0, 0.05) is 16.2 Å². The van der Waals surface area contributed by atoms with E-state index in [0.29, 0.717) is 34.6 Å². The molecule has 0 aliphatic heterocycles. The van der Waals surface area contributed by atoms with Crippen molar-refractivity contribution in [2.45, 2.75) is 6.92 Å². The lowest BCUT2D eigenvalue weighted by Gasteiger charge is -2.11. The summed E-state index contributed by atoms with van der Waals surface area (Å²) in [5, 5.41) is 5.74. The zero-order valence-corrected chi connectivity index (χ0v) is 19.7. The first-order chi connectivity index (χ1) is 15.4. The van der Waals surface area contributed by atoms with Gasteiger partial charge in [-0.05, 0) is 49.4 Å². The van der Waals surface area contributed by atoms with Crippen LogP contribution in [0.3, 0.4) is 0 Å². The van der Waals surface area contributed by atoms with Crippen molar-refractivity contribution in [3.05, 3.63) is 74.4 Å². The van der Waals surface area contributed by atoms with E-state index in [1.54, 1.807) is 24.3 Å². The number of nitrogens with zero attached hydrogens (tertiary/aromatic N) is 1. The van der Waals surface area contributed by atoms with Crippen molar-refractivity contribution in [1.29, 1.82) is 0 Å². The summed E-state index contributed by atoms with van der Waals surface area (Å²) in [6.07, 6.45) is 0. The summed E-state index contributed by atoms with van der Waals surface area (Å²) in [6.45, 7) is 2.19. The molecule has 0 atom stereocenters. The molecular formula is C22H16BrCl2FN4O2. The molecular weight excluding hydrogens is 522 g/mol. The van der Waals surface area contributed by atoms with Crippen molar-refractivity contribution >= 4 is 73.4 Å². The van der Waals surface area contributed by atoms with E-state index in [4.69, 9.17) is 27.9 Å². The number of hydrogen-bond acceptors (Lipinski definition) is 4. The lowest BCUT2D eigenvalue weighted by Crippen LogP contribution is -2.13. The minimum absolute atomic E-state index is 0.00328. The molecule has 0 saturated carbocycles. The van der Waals surface area contributed by atoms with Gasteiger partial charge in [0.15, 0.2) is 5.82 Å². The number of halogens is 4. The Kier molecular flexibility index (Phi) is 6.55. The highest BCUT2D eigenvalue weighted by Gasteiger charge is 2.18. The van der Waals surface area contributed by atoms with Crippen LogP contribution >= 0.6 is 39.1 Å². The van der Waals surface area contributed by atoms with Gasteiger partial charge < -0.3 is 20.4 Å². The molecule has 3 N–H and O–H groups in total. The zero-order valence-electron chi connectivity index (χ0n) is 16.6. The maximum absolute atomic E-state index is 14.4. The van der Waals surface area contributed by atoms with E-state index in [1.165, 1.54) is 12.1 Å². The van der Waals surface area contributed by atoms with Crippen molar-refractivity contribution in [3.63, 3.8) is 0 Å². The van der Waals surface area contributed by atoms with Gasteiger partial charge >= 0.3 is 0 Å². The number of amides is 1. The number of aromatic amines is 1. The topological polar surface area (TPSA) is 79.0 Å². The predicted molar refractivity (Wildman–Crippen MR) is 129 cm³/mol. The second-order valence-electron chi connectivity index (χ2n) is 6.69. The Bertz CT molecular complexity index is 1310. The fraction of sp³-hybridized carbons (Fsp3) is 0.0909. The molecule has 0 spiro atoms. The lowest BCUT2D eigenvalue weighted by molar-refractivity contribution is 0.102. The van der Waals surface area contributed by atoms with Crippen molar-refractivity contribution in [2.75, 3.05) is 17.2 Å². The molecule has 0 radical (unpaired) electrons. The summed E-state index contributed by atoms with van der Waals surface area (Å²) < 4.78 is 20.9. The Hall–Kier alpha value is -2.81. The number of hydrogen-bond donors (Lipinski definition) is 3. The van der Waals surface area contributed by atoms with Crippen LogP contribution in [0.25, 0.3) is 11.0 Å². The van der Waals surface area contributed by atoms with Crippen molar-refractivity contribution in [2.24, 2.45) is 0 Å². The van der Waals surface area contributed by atoms with Crippen LogP contribution in [0.4, 0.5) is 21.7 Å². The molecule has 10 heteroatoms. The van der Waals surface area contributed by atoms with E-state index in [0.717, 1.165) is 4.47 Å². The molecule has 6 nitrogen and oxygen atoms in total. The number of benzene rings is 3. The number of H-pyrrole nitrogens is 1. The molecule has 0 unspecified atom stereocenters.